The van der Waals surface area contributed by atoms with Crippen LogP contribution in [0.1, 0.15) is 22.6 Å². The number of nitrogens with zero attached hydrogens (tertiary/aromatic N) is 5. The zero-order chi connectivity index (χ0) is 22.1. The number of amides is 1. The third-order valence-corrected chi connectivity index (χ3v) is 5.03. The minimum absolute atomic E-state index is 0.257. The van der Waals surface area contributed by atoms with Crippen molar-refractivity contribution < 1.29 is 18.3 Å². The Bertz CT molecular complexity index is 1130. The van der Waals surface area contributed by atoms with Gasteiger partial charge in [-0.25, -0.2) is 18.4 Å². The van der Waals surface area contributed by atoms with Crippen LogP contribution in [0, 0.1) is 25.5 Å². The summed E-state index contributed by atoms with van der Waals surface area (Å²) in [7, 11) is 0. The Hall–Kier alpha value is -3.40. The van der Waals surface area contributed by atoms with Gasteiger partial charge in [-0.2, -0.15) is 10.1 Å². The molecule has 2 N–H and O–H groups in total. The molecule has 10 heteroatoms. The fourth-order valence-corrected chi connectivity index (χ4v) is 3.54. The number of aryl methyl sites for hydroxylation is 2. The largest absolute Gasteiger partial charge is 0.367 e. The number of ether oxygens (including phenoxy) is 1. The third-order valence-electron chi connectivity index (χ3n) is 5.03. The van der Waals surface area contributed by atoms with Crippen LogP contribution in [0.3, 0.4) is 0 Å². The molecule has 3 heterocycles. The maximum absolute atomic E-state index is 13.7. The van der Waals surface area contributed by atoms with E-state index < -0.39 is 23.6 Å². The normalized spacial score (nSPS) is 16.5. The van der Waals surface area contributed by atoms with Gasteiger partial charge in [-0.3, -0.25) is 4.79 Å². The first-order valence-corrected chi connectivity index (χ1v) is 9.81. The molecule has 1 aliphatic heterocycles. The number of nitrogens with two attached hydrogens (primary N) is 1. The van der Waals surface area contributed by atoms with Crippen LogP contribution >= 0.6 is 0 Å². The standard InChI is InChI=1S/C21H22F2N6O2/c1-12-7-13(2)29(27-12)21-25-15(8-14-3-4-16(22)17(23)9-14)10-19(26-21)28-5-6-31-18(11-28)20(24)30/h3-4,7,9-10,18H,5-6,8,11H2,1-2H3,(H2,24,30). The molecule has 162 valence electrons. The van der Waals surface area contributed by atoms with Crippen LogP contribution in [-0.4, -0.2) is 51.5 Å². The number of hydrogen-bond donors (Lipinski definition) is 1. The maximum Gasteiger partial charge on any atom is 0.252 e. The second kappa shape index (κ2) is 8.38. The molecule has 0 saturated carbocycles. The highest BCUT2D eigenvalue weighted by atomic mass is 19.2. The van der Waals surface area contributed by atoms with Crippen molar-refractivity contribution in [1.29, 1.82) is 0 Å². The van der Waals surface area contributed by atoms with Gasteiger partial charge in [-0.1, -0.05) is 6.07 Å². The van der Waals surface area contributed by atoms with Gasteiger partial charge in [-0.05, 0) is 37.6 Å². The number of halogens is 2. The third kappa shape index (κ3) is 4.53. The van der Waals surface area contributed by atoms with E-state index in [9.17, 15) is 13.6 Å². The lowest BCUT2D eigenvalue weighted by Crippen LogP contribution is -2.48. The number of aromatic nitrogens is 4. The first-order valence-electron chi connectivity index (χ1n) is 9.81. The van der Waals surface area contributed by atoms with Gasteiger partial charge in [0.1, 0.15) is 5.82 Å². The highest BCUT2D eigenvalue weighted by molar-refractivity contribution is 5.79. The van der Waals surface area contributed by atoms with Crippen LogP contribution in [0.2, 0.25) is 0 Å². The van der Waals surface area contributed by atoms with Crippen molar-refractivity contribution in [2.45, 2.75) is 26.4 Å². The second-order valence-corrected chi connectivity index (χ2v) is 7.49. The Balaban J connectivity index is 1.74. The van der Waals surface area contributed by atoms with E-state index >= 15 is 0 Å². The number of hydrogen-bond acceptors (Lipinski definition) is 6. The van der Waals surface area contributed by atoms with Crippen LogP contribution in [0.5, 0.6) is 0 Å². The van der Waals surface area contributed by atoms with Gasteiger partial charge in [0.15, 0.2) is 17.7 Å². The van der Waals surface area contributed by atoms with E-state index in [1.807, 2.05) is 24.8 Å². The van der Waals surface area contributed by atoms with Crippen molar-refractivity contribution in [2.24, 2.45) is 5.73 Å². The quantitative estimate of drug-likeness (QED) is 0.666. The Labute approximate surface area is 177 Å². The van der Waals surface area contributed by atoms with Gasteiger partial charge in [0.25, 0.3) is 5.95 Å². The molecule has 1 atom stereocenters. The number of morpholine rings is 1. The van der Waals surface area contributed by atoms with Gasteiger partial charge in [0, 0.05) is 24.7 Å². The van der Waals surface area contributed by atoms with E-state index in [0.717, 1.165) is 23.5 Å². The molecule has 1 unspecified atom stereocenters. The van der Waals surface area contributed by atoms with Crippen LogP contribution in [-0.2, 0) is 16.0 Å². The molecule has 0 aliphatic carbocycles. The summed E-state index contributed by atoms with van der Waals surface area (Å²) in [6, 6.07) is 7.43. The number of carbonyl (C=O) groups excluding carboxylic acids is 1. The molecule has 1 aromatic carbocycles. The highest BCUT2D eigenvalue weighted by Gasteiger charge is 2.26. The van der Waals surface area contributed by atoms with Crippen molar-refractivity contribution in [2.75, 3.05) is 24.6 Å². The summed E-state index contributed by atoms with van der Waals surface area (Å²) in [6.45, 7) is 4.86. The lowest BCUT2D eigenvalue weighted by atomic mass is 10.1. The lowest BCUT2D eigenvalue weighted by Gasteiger charge is -2.32. The molecule has 1 amide bonds. The predicted octanol–water partition coefficient (Wildman–Crippen LogP) is 1.84. The molecular weight excluding hydrogens is 406 g/mol. The average Bonchev–Trinajstić information content (AvgIpc) is 3.08. The monoisotopic (exact) mass is 428 g/mol. The molecule has 31 heavy (non-hydrogen) atoms. The van der Waals surface area contributed by atoms with E-state index in [0.29, 0.717) is 36.2 Å². The number of anilines is 1. The van der Waals surface area contributed by atoms with E-state index in [1.165, 1.54) is 6.07 Å². The van der Waals surface area contributed by atoms with Crippen molar-refractivity contribution in [3.05, 3.63) is 64.6 Å². The summed E-state index contributed by atoms with van der Waals surface area (Å²) < 4.78 is 34.0. The average molecular weight is 428 g/mol. The van der Waals surface area contributed by atoms with Crippen LogP contribution in [0.25, 0.3) is 5.95 Å². The van der Waals surface area contributed by atoms with Gasteiger partial charge >= 0.3 is 0 Å². The lowest BCUT2D eigenvalue weighted by molar-refractivity contribution is -0.130. The number of primary amides is 1. The Morgan fingerprint density at radius 2 is 2.00 bits per heavy atom. The molecule has 3 aromatic rings. The topological polar surface area (TPSA) is 99.2 Å². The van der Waals surface area contributed by atoms with Crippen molar-refractivity contribution in [3.63, 3.8) is 0 Å². The molecule has 0 bridgehead atoms. The summed E-state index contributed by atoms with van der Waals surface area (Å²) in [5.74, 6) is -1.43. The fourth-order valence-electron chi connectivity index (χ4n) is 3.54. The van der Waals surface area contributed by atoms with E-state index in [4.69, 9.17) is 10.5 Å². The first kappa shape index (κ1) is 20.9. The minimum Gasteiger partial charge on any atom is -0.367 e. The molecule has 0 radical (unpaired) electrons. The zero-order valence-electron chi connectivity index (χ0n) is 17.2. The zero-order valence-corrected chi connectivity index (χ0v) is 17.2. The first-order chi connectivity index (χ1) is 14.8. The van der Waals surface area contributed by atoms with Crippen LogP contribution in [0.15, 0.2) is 30.3 Å². The molecule has 1 aliphatic rings. The van der Waals surface area contributed by atoms with E-state index in [1.54, 1.807) is 10.7 Å². The van der Waals surface area contributed by atoms with E-state index in [-0.39, 0.29) is 13.0 Å². The fraction of sp³-hybridized carbons (Fsp3) is 0.333. The SMILES string of the molecule is Cc1cc(C)n(-c2nc(Cc3ccc(F)c(F)c3)cc(N3CCOC(C(N)=O)C3)n2)n1. The molecule has 4 rings (SSSR count). The molecular formula is C21H22F2N6O2. The van der Waals surface area contributed by atoms with Crippen molar-refractivity contribution in [3.8, 4) is 5.95 Å². The summed E-state index contributed by atoms with van der Waals surface area (Å²) in [6.07, 6.45) is -0.474. The number of benzene rings is 1. The summed E-state index contributed by atoms with van der Waals surface area (Å²) in [4.78, 5) is 22.7. The number of rotatable bonds is 5. The molecule has 8 nitrogen and oxygen atoms in total. The van der Waals surface area contributed by atoms with Gasteiger partial charge in [-0.15, -0.1) is 0 Å². The maximum atomic E-state index is 13.7. The van der Waals surface area contributed by atoms with Crippen molar-refractivity contribution >= 4 is 11.7 Å². The van der Waals surface area contributed by atoms with Gasteiger partial charge in [0.05, 0.1) is 24.5 Å². The summed E-state index contributed by atoms with van der Waals surface area (Å²) >= 11 is 0. The molecule has 2 aromatic heterocycles. The Morgan fingerprint density at radius 1 is 1.19 bits per heavy atom. The van der Waals surface area contributed by atoms with Crippen LogP contribution < -0.4 is 10.6 Å². The van der Waals surface area contributed by atoms with Crippen molar-refractivity contribution in [1.82, 2.24) is 19.7 Å². The number of carbonyl (C=O) groups is 1. The molecule has 0 spiro atoms. The van der Waals surface area contributed by atoms with Gasteiger partial charge < -0.3 is 15.4 Å². The minimum atomic E-state index is -0.914. The van der Waals surface area contributed by atoms with E-state index in [2.05, 4.69) is 15.1 Å². The Kier molecular flexibility index (Phi) is 5.64. The molecule has 1 saturated heterocycles. The van der Waals surface area contributed by atoms with Gasteiger partial charge in [0.2, 0.25) is 5.91 Å². The summed E-state index contributed by atoms with van der Waals surface area (Å²) in [5.41, 5.74) is 8.24. The second-order valence-electron chi connectivity index (χ2n) is 7.49. The van der Waals surface area contributed by atoms with Crippen LogP contribution in [0.4, 0.5) is 14.6 Å². The highest BCUT2D eigenvalue weighted by Crippen LogP contribution is 2.21. The summed E-state index contributed by atoms with van der Waals surface area (Å²) in [5, 5.41) is 4.45. The smallest absolute Gasteiger partial charge is 0.252 e. The Morgan fingerprint density at radius 3 is 2.68 bits per heavy atom. The molecule has 1 fully saturated rings. The predicted molar refractivity (Wildman–Crippen MR) is 109 cm³/mol.